The third-order valence-corrected chi connectivity index (χ3v) is 7.49. The quantitative estimate of drug-likeness (QED) is 0.214. The van der Waals surface area contributed by atoms with E-state index >= 15 is 0 Å². The average molecular weight is 549 g/mol. The summed E-state index contributed by atoms with van der Waals surface area (Å²) in [6.45, 7) is 2.57. The number of methoxy groups -OCH3 is 1. The number of hydrogen-bond acceptors (Lipinski definition) is 8. The zero-order chi connectivity index (χ0) is 27.0. The molecule has 1 aliphatic heterocycles. The molecular weight excluding hydrogens is 524 g/mol. The van der Waals surface area contributed by atoms with E-state index in [1.54, 1.807) is 50.2 Å². The third kappa shape index (κ3) is 4.36. The number of anilines is 2. The molecule has 0 radical (unpaired) electrons. The fraction of sp³-hybridized carbons (Fsp3) is 0.192. The molecule has 1 aromatic carbocycles. The first-order chi connectivity index (χ1) is 18.3. The molecule has 0 spiro atoms. The normalized spacial score (nSPS) is 14.7. The lowest BCUT2D eigenvalue weighted by molar-refractivity contribution is -0.113. The van der Waals surface area contributed by atoms with Gasteiger partial charge in [-0.25, -0.2) is 9.67 Å². The van der Waals surface area contributed by atoms with E-state index in [0.717, 1.165) is 11.8 Å². The van der Waals surface area contributed by atoms with Crippen molar-refractivity contribution in [2.24, 2.45) is 7.05 Å². The molecule has 12 heteroatoms. The number of fused-ring (bicyclic) bond motifs is 1. The number of benzene rings is 1. The Morgan fingerprint density at radius 3 is 2.55 bits per heavy atom. The summed E-state index contributed by atoms with van der Waals surface area (Å²) in [6, 6.07) is 14.4. The summed E-state index contributed by atoms with van der Waals surface area (Å²) in [5.74, 6) is -0.155. The molecule has 3 aromatic heterocycles. The summed E-state index contributed by atoms with van der Waals surface area (Å²) in [5.41, 5.74) is 1.36. The molecular formula is C26H24N6O4S2. The van der Waals surface area contributed by atoms with E-state index in [9.17, 15) is 14.4 Å². The number of aromatic nitrogens is 4. The van der Waals surface area contributed by atoms with Gasteiger partial charge in [0.1, 0.15) is 17.2 Å². The Morgan fingerprint density at radius 1 is 1.08 bits per heavy atom. The van der Waals surface area contributed by atoms with Crippen molar-refractivity contribution in [2.75, 3.05) is 30.5 Å². The highest BCUT2D eigenvalue weighted by atomic mass is 32.2. The molecule has 1 N–H and O–H groups in total. The summed E-state index contributed by atoms with van der Waals surface area (Å²) in [5, 5.41) is 3.12. The predicted octanol–water partition coefficient (Wildman–Crippen LogP) is 2.96. The second-order valence-electron chi connectivity index (χ2n) is 8.45. The lowest BCUT2D eigenvalue weighted by Gasteiger charge is -2.12. The van der Waals surface area contributed by atoms with Crippen LogP contribution in [0.4, 0.5) is 11.5 Å². The standard InChI is InChI=1S/C26H24N6O4S2/c1-16-21(25(35)32(29(16)2)17-9-5-4-6-10-17)31-24(34)19(38-26(31)37)15-18-22(27-12-14-36-3)28-20-11-7-8-13-30(20)23(18)33/h4-11,13,15,27H,12,14H2,1-3H3/b19-15+. The van der Waals surface area contributed by atoms with E-state index in [1.807, 2.05) is 30.3 Å². The van der Waals surface area contributed by atoms with E-state index in [4.69, 9.17) is 17.0 Å². The van der Waals surface area contributed by atoms with E-state index in [0.29, 0.717) is 36.0 Å². The fourth-order valence-electron chi connectivity index (χ4n) is 4.24. The first kappa shape index (κ1) is 25.6. The van der Waals surface area contributed by atoms with E-state index < -0.39 is 5.91 Å². The van der Waals surface area contributed by atoms with E-state index in [1.165, 1.54) is 20.1 Å². The van der Waals surface area contributed by atoms with Gasteiger partial charge in [-0.05, 0) is 37.3 Å². The Morgan fingerprint density at radius 2 is 1.82 bits per heavy atom. The minimum absolute atomic E-state index is 0.175. The van der Waals surface area contributed by atoms with Gasteiger partial charge in [-0.15, -0.1) is 0 Å². The van der Waals surface area contributed by atoms with Crippen molar-refractivity contribution >= 4 is 57.4 Å². The highest BCUT2D eigenvalue weighted by molar-refractivity contribution is 8.27. The van der Waals surface area contributed by atoms with Gasteiger partial charge in [0, 0.05) is 26.9 Å². The third-order valence-electron chi connectivity index (χ3n) is 6.18. The van der Waals surface area contributed by atoms with Crippen LogP contribution in [0.1, 0.15) is 11.3 Å². The first-order valence-corrected chi connectivity index (χ1v) is 12.9. The Balaban J connectivity index is 1.60. The second-order valence-corrected chi connectivity index (χ2v) is 10.1. The molecule has 10 nitrogen and oxygen atoms in total. The van der Waals surface area contributed by atoms with Crippen molar-refractivity contribution < 1.29 is 9.53 Å². The van der Waals surface area contributed by atoms with Crippen molar-refractivity contribution in [3.05, 3.63) is 91.6 Å². The molecule has 5 rings (SSSR count). The van der Waals surface area contributed by atoms with Crippen molar-refractivity contribution in [2.45, 2.75) is 6.92 Å². The number of rotatable bonds is 7. The number of hydrogen-bond donors (Lipinski definition) is 1. The second kappa shape index (κ2) is 10.4. The van der Waals surface area contributed by atoms with Crippen molar-refractivity contribution in [1.29, 1.82) is 0 Å². The van der Waals surface area contributed by atoms with Gasteiger partial charge in [0.25, 0.3) is 17.0 Å². The molecule has 1 amide bonds. The number of thiocarbonyl (C=S) groups is 1. The summed E-state index contributed by atoms with van der Waals surface area (Å²) < 4.78 is 9.90. The van der Waals surface area contributed by atoms with Crippen LogP contribution < -0.4 is 21.3 Å². The van der Waals surface area contributed by atoms with Gasteiger partial charge in [0.05, 0.1) is 28.5 Å². The summed E-state index contributed by atoms with van der Waals surface area (Å²) in [7, 11) is 3.33. The van der Waals surface area contributed by atoms with Crippen molar-refractivity contribution in [3.8, 4) is 5.69 Å². The molecule has 0 atom stereocenters. The summed E-state index contributed by atoms with van der Waals surface area (Å²) >= 11 is 6.58. The molecule has 4 heterocycles. The van der Waals surface area contributed by atoms with Crippen LogP contribution in [-0.2, 0) is 16.6 Å². The SMILES string of the molecule is COCCNc1nc2ccccn2c(=O)c1/C=C1/SC(=S)N(c2c(C)n(C)n(-c3ccccc3)c2=O)C1=O. The van der Waals surface area contributed by atoms with Gasteiger partial charge in [-0.3, -0.25) is 28.4 Å². The lowest BCUT2D eigenvalue weighted by atomic mass is 10.2. The van der Waals surface area contributed by atoms with Gasteiger partial charge in [0.15, 0.2) is 4.32 Å². The van der Waals surface area contributed by atoms with Gasteiger partial charge in [0.2, 0.25) is 0 Å². The van der Waals surface area contributed by atoms with Crippen LogP contribution in [-0.4, -0.2) is 49.2 Å². The van der Waals surface area contributed by atoms with Crippen LogP contribution in [0.25, 0.3) is 17.4 Å². The molecule has 38 heavy (non-hydrogen) atoms. The van der Waals surface area contributed by atoms with Crippen LogP contribution in [0.5, 0.6) is 0 Å². The molecule has 0 saturated carbocycles. The molecule has 1 fully saturated rings. The van der Waals surface area contributed by atoms with Gasteiger partial charge < -0.3 is 10.1 Å². The van der Waals surface area contributed by atoms with Gasteiger partial charge >= 0.3 is 0 Å². The summed E-state index contributed by atoms with van der Waals surface area (Å²) in [6.07, 6.45) is 3.10. The average Bonchev–Trinajstić information content (AvgIpc) is 3.31. The monoisotopic (exact) mass is 548 g/mol. The molecule has 0 bridgehead atoms. The number of amides is 1. The number of nitrogens with one attached hydrogen (secondary N) is 1. The Hall–Kier alpha value is -4.00. The van der Waals surface area contributed by atoms with Crippen molar-refractivity contribution in [1.82, 2.24) is 18.7 Å². The predicted molar refractivity (Wildman–Crippen MR) is 153 cm³/mol. The number of carbonyl (C=O) groups is 1. The highest BCUT2D eigenvalue weighted by Gasteiger charge is 2.38. The number of carbonyl (C=O) groups excluding carboxylic acids is 1. The zero-order valence-electron chi connectivity index (χ0n) is 20.9. The van der Waals surface area contributed by atoms with Crippen LogP contribution in [0.15, 0.2) is 69.2 Å². The number of thioether (sulfide) groups is 1. The van der Waals surface area contributed by atoms with Crippen LogP contribution in [0.2, 0.25) is 0 Å². The van der Waals surface area contributed by atoms with Crippen LogP contribution in [0, 0.1) is 6.92 Å². The van der Waals surface area contributed by atoms with Gasteiger partial charge in [-0.2, -0.15) is 0 Å². The van der Waals surface area contributed by atoms with E-state index in [2.05, 4.69) is 10.3 Å². The zero-order valence-corrected chi connectivity index (χ0v) is 22.5. The number of pyridine rings is 1. The molecule has 194 valence electrons. The molecule has 4 aromatic rings. The highest BCUT2D eigenvalue weighted by Crippen LogP contribution is 2.36. The van der Waals surface area contributed by atoms with E-state index in [-0.39, 0.29) is 31.6 Å². The number of ether oxygens (including phenoxy) is 1. The van der Waals surface area contributed by atoms with Crippen LogP contribution in [0.3, 0.4) is 0 Å². The lowest BCUT2D eigenvalue weighted by Crippen LogP contribution is -2.33. The number of nitrogens with zero attached hydrogens (tertiary/aromatic N) is 5. The molecule has 0 aliphatic carbocycles. The maximum absolute atomic E-state index is 13.7. The molecule has 1 aliphatic rings. The Labute approximate surface area is 227 Å². The fourth-order valence-corrected chi connectivity index (χ4v) is 5.49. The van der Waals surface area contributed by atoms with Crippen molar-refractivity contribution in [3.63, 3.8) is 0 Å². The Kier molecular flexibility index (Phi) is 7.02. The smallest absolute Gasteiger partial charge is 0.296 e. The molecule has 1 saturated heterocycles. The van der Waals surface area contributed by atoms with Gasteiger partial charge in [-0.1, -0.05) is 48.2 Å². The number of para-hydroxylation sites is 1. The minimum atomic E-state index is -0.480. The molecule has 0 unspecified atom stereocenters. The largest absolute Gasteiger partial charge is 0.383 e. The summed E-state index contributed by atoms with van der Waals surface area (Å²) in [4.78, 5) is 46.6. The minimum Gasteiger partial charge on any atom is -0.383 e. The first-order valence-electron chi connectivity index (χ1n) is 11.7. The maximum Gasteiger partial charge on any atom is 0.296 e. The van der Waals surface area contributed by atoms with Crippen LogP contribution >= 0.6 is 24.0 Å². The Bertz CT molecular complexity index is 1720. The maximum atomic E-state index is 13.7. The topological polar surface area (TPSA) is 103 Å².